The highest BCUT2D eigenvalue weighted by Crippen LogP contribution is 2.25. The molecule has 1 saturated carbocycles. The lowest BCUT2D eigenvalue weighted by atomic mass is 9.94. The maximum absolute atomic E-state index is 4.58. The summed E-state index contributed by atoms with van der Waals surface area (Å²) < 4.78 is 2.21. The fourth-order valence-corrected chi connectivity index (χ4v) is 3.44. The number of hydrogen-bond donors (Lipinski definition) is 1. The first-order valence-electron chi connectivity index (χ1n) is 8.49. The fraction of sp³-hybridized carbons (Fsp3) is 0.824. The molecule has 2 atom stereocenters. The summed E-state index contributed by atoms with van der Waals surface area (Å²) >= 11 is 0. The molecule has 0 aliphatic heterocycles. The minimum absolute atomic E-state index is 0.521. The number of hydrogen-bond acceptors (Lipinski definition) is 2. The van der Waals surface area contributed by atoms with E-state index in [2.05, 4.69) is 35.3 Å². The Morgan fingerprint density at radius 2 is 1.60 bits per heavy atom. The molecule has 2 rings (SSSR count). The molecule has 3 heteroatoms. The van der Waals surface area contributed by atoms with Crippen molar-refractivity contribution in [2.75, 3.05) is 7.05 Å². The number of likely N-dealkylation sites (N-methyl/N-ethyl adjacent to an activating group) is 1. The van der Waals surface area contributed by atoms with Crippen molar-refractivity contribution in [3.63, 3.8) is 0 Å². The summed E-state index contributed by atoms with van der Waals surface area (Å²) in [6.07, 6.45) is 17.9. The quantitative estimate of drug-likeness (QED) is 0.876. The van der Waals surface area contributed by atoms with Crippen LogP contribution in [0.5, 0.6) is 0 Å². The normalized spacial score (nSPS) is 26.7. The van der Waals surface area contributed by atoms with Gasteiger partial charge in [0.2, 0.25) is 0 Å². The third-order valence-corrected chi connectivity index (χ3v) is 4.67. The molecule has 1 heterocycles. The predicted molar refractivity (Wildman–Crippen MR) is 85.0 cm³/mol. The first-order valence-corrected chi connectivity index (χ1v) is 8.49. The number of aryl methyl sites for hydroxylation is 1. The van der Waals surface area contributed by atoms with Crippen molar-refractivity contribution in [3.05, 3.63) is 18.0 Å². The summed E-state index contributed by atoms with van der Waals surface area (Å²) in [6, 6.07) is 1.09. The Hall–Kier alpha value is -0.830. The molecule has 20 heavy (non-hydrogen) atoms. The Kier molecular flexibility index (Phi) is 6.58. The van der Waals surface area contributed by atoms with Crippen molar-refractivity contribution in [1.82, 2.24) is 15.1 Å². The molecule has 0 aromatic carbocycles. The molecule has 0 radical (unpaired) electrons. The minimum atomic E-state index is 0.521. The van der Waals surface area contributed by atoms with Crippen molar-refractivity contribution >= 4 is 0 Å². The zero-order chi connectivity index (χ0) is 14.2. The van der Waals surface area contributed by atoms with Crippen LogP contribution in [0, 0.1) is 6.92 Å². The van der Waals surface area contributed by atoms with Crippen LogP contribution in [-0.2, 0) is 0 Å². The van der Waals surface area contributed by atoms with Gasteiger partial charge in [0.25, 0.3) is 0 Å². The van der Waals surface area contributed by atoms with E-state index < -0.39 is 0 Å². The summed E-state index contributed by atoms with van der Waals surface area (Å²) in [5.74, 6) is 0. The van der Waals surface area contributed by atoms with Gasteiger partial charge in [-0.3, -0.25) is 4.68 Å². The fourth-order valence-electron chi connectivity index (χ4n) is 3.44. The second-order valence-corrected chi connectivity index (χ2v) is 6.37. The Bertz CT molecular complexity index is 372. The summed E-state index contributed by atoms with van der Waals surface area (Å²) in [5, 5.41) is 8.14. The topological polar surface area (TPSA) is 29.9 Å². The largest absolute Gasteiger partial charge is 0.315 e. The maximum Gasteiger partial charge on any atom is 0.0672 e. The van der Waals surface area contributed by atoms with Gasteiger partial charge < -0.3 is 5.32 Å². The molecule has 1 aromatic heterocycles. The monoisotopic (exact) mass is 277 g/mol. The number of rotatable bonds is 2. The van der Waals surface area contributed by atoms with E-state index >= 15 is 0 Å². The van der Waals surface area contributed by atoms with Gasteiger partial charge in [-0.1, -0.05) is 51.4 Å². The van der Waals surface area contributed by atoms with Gasteiger partial charge in [-0.25, -0.2) is 0 Å². The molecule has 1 N–H and O–H groups in total. The van der Waals surface area contributed by atoms with Crippen molar-refractivity contribution in [1.29, 1.82) is 0 Å². The third kappa shape index (κ3) is 4.62. The lowest BCUT2D eigenvalue weighted by Gasteiger charge is -2.28. The van der Waals surface area contributed by atoms with E-state index in [1.165, 1.54) is 69.8 Å². The zero-order valence-corrected chi connectivity index (χ0v) is 13.3. The molecule has 1 fully saturated rings. The molecule has 2 unspecified atom stereocenters. The highest BCUT2D eigenvalue weighted by Gasteiger charge is 2.22. The van der Waals surface area contributed by atoms with Crippen molar-refractivity contribution in [2.45, 2.75) is 83.2 Å². The number of nitrogens with zero attached hydrogens (tertiary/aromatic N) is 2. The van der Waals surface area contributed by atoms with Gasteiger partial charge in [-0.05, 0) is 32.4 Å². The predicted octanol–water partition coefficient (Wildman–Crippen LogP) is 4.24. The van der Waals surface area contributed by atoms with E-state index in [0.717, 1.165) is 0 Å². The van der Waals surface area contributed by atoms with E-state index in [4.69, 9.17) is 0 Å². The number of aromatic nitrogens is 2. The van der Waals surface area contributed by atoms with Crippen LogP contribution in [0.25, 0.3) is 0 Å². The molecule has 114 valence electrons. The lowest BCUT2D eigenvalue weighted by Crippen LogP contribution is -2.35. The standard InChI is InChI=1S/C17H31N3/c1-15-13-19-20(14-15)17-12-10-8-6-4-3-5-7-9-11-16(17)18-2/h13-14,16-18H,3-12H2,1-2H3. The van der Waals surface area contributed by atoms with Crippen LogP contribution in [0.2, 0.25) is 0 Å². The Balaban J connectivity index is 2.04. The first-order chi connectivity index (χ1) is 9.81. The second kappa shape index (κ2) is 8.46. The second-order valence-electron chi connectivity index (χ2n) is 6.37. The van der Waals surface area contributed by atoms with Gasteiger partial charge >= 0.3 is 0 Å². The Morgan fingerprint density at radius 3 is 2.15 bits per heavy atom. The van der Waals surface area contributed by atoms with Crippen LogP contribution in [0.1, 0.15) is 75.8 Å². The molecule has 1 aromatic rings. The first kappa shape index (κ1) is 15.6. The zero-order valence-electron chi connectivity index (χ0n) is 13.3. The van der Waals surface area contributed by atoms with E-state index in [9.17, 15) is 0 Å². The molecule has 1 aliphatic rings. The van der Waals surface area contributed by atoms with Gasteiger partial charge in [-0.2, -0.15) is 5.10 Å². The average molecular weight is 277 g/mol. The highest BCUT2D eigenvalue weighted by atomic mass is 15.3. The molecular formula is C17H31N3. The molecule has 0 spiro atoms. The van der Waals surface area contributed by atoms with Crippen LogP contribution in [0.3, 0.4) is 0 Å². The van der Waals surface area contributed by atoms with Crippen LogP contribution < -0.4 is 5.32 Å². The minimum Gasteiger partial charge on any atom is -0.315 e. The molecule has 3 nitrogen and oxygen atoms in total. The Labute approximate surface area is 124 Å². The SMILES string of the molecule is CNC1CCCCCCCCCCC1n1cc(C)cn1. The van der Waals surface area contributed by atoms with Crippen LogP contribution in [0.4, 0.5) is 0 Å². The van der Waals surface area contributed by atoms with Gasteiger partial charge in [0.05, 0.1) is 12.2 Å². The van der Waals surface area contributed by atoms with Gasteiger partial charge in [0, 0.05) is 12.2 Å². The van der Waals surface area contributed by atoms with Crippen LogP contribution in [0.15, 0.2) is 12.4 Å². The van der Waals surface area contributed by atoms with Crippen molar-refractivity contribution in [3.8, 4) is 0 Å². The maximum atomic E-state index is 4.58. The van der Waals surface area contributed by atoms with Gasteiger partial charge in [-0.15, -0.1) is 0 Å². The molecule has 0 saturated heterocycles. The molecule has 0 bridgehead atoms. The van der Waals surface area contributed by atoms with Crippen LogP contribution in [-0.4, -0.2) is 22.9 Å². The van der Waals surface area contributed by atoms with Crippen molar-refractivity contribution < 1.29 is 0 Å². The van der Waals surface area contributed by atoms with Gasteiger partial charge in [0.1, 0.15) is 0 Å². The van der Waals surface area contributed by atoms with E-state index in [-0.39, 0.29) is 0 Å². The van der Waals surface area contributed by atoms with Crippen LogP contribution >= 0.6 is 0 Å². The molecule has 0 amide bonds. The summed E-state index contributed by atoms with van der Waals surface area (Å²) in [5.41, 5.74) is 1.27. The third-order valence-electron chi connectivity index (χ3n) is 4.67. The van der Waals surface area contributed by atoms with Gasteiger partial charge in [0.15, 0.2) is 0 Å². The average Bonchev–Trinajstić information content (AvgIpc) is 2.86. The summed E-state index contributed by atoms with van der Waals surface area (Å²) in [7, 11) is 2.11. The van der Waals surface area contributed by atoms with E-state index in [0.29, 0.717) is 12.1 Å². The smallest absolute Gasteiger partial charge is 0.0672 e. The summed E-state index contributed by atoms with van der Waals surface area (Å²) in [6.45, 7) is 2.13. The van der Waals surface area contributed by atoms with Crippen molar-refractivity contribution in [2.24, 2.45) is 0 Å². The van der Waals surface area contributed by atoms with E-state index in [1.54, 1.807) is 0 Å². The highest BCUT2D eigenvalue weighted by molar-refractivity contribution is 5.01. The molecular weight excluding hydrogens is 246 g/mol. The van der Waals surface area contributed by atoms with E-state index in [1.807, 2.05) is 6.20 Å². The molecule has 1 aliphatic carbocycles. The summed E-state index contributed by atoms with van der Waals surface area (Å²) in [4.78, 5) is 0. The number of nitrogens with one attached hydrogen (secondary N) is 1. The lowest BCUT2D eigenvalue weighted by molar-refractivity contribution is 0.289. The Morgan fingerprint density at radius 1 is 1.00 bits per heavy atom.